The SMILES string of the molecule is C[C@@H](Sc1nc2ccccc2c(=O)n1CCCN1CCOCC1)C(=O)Nc1ccc2c(c1)OCO2. The minimum absolute atomic E-state index is 0.0801. The number of fused-ring (bicyclic) bond motifs is 2. The van der Waals surface area contributed by atoms with E-state index in [1.54, 1.807) is 28.8 Å². The Balaban J connectivity index is 1.32. The fourth-order valence-corrected chi connectivity index (χ4v) is 5.08. The Morgan fingerprint density at radius 2 is 1.91 bits per heavy atom. The van der Waals surface area contributed by atoms with E-state index in [4.69, 9.17) is 19.2 Å². The van der Waals surface area contributed by atoms with E-state index in [-0.39, 0.29) is 18.3 Å². The van der Waals surface area contributed by atoms with Crippen LogP contribution in [0.4, 0.5) is 5.69 Å². The Hall–Kier alpha value is -3.08. The number of amides is 1. The molecule has 35 heavy (non-hydrogen) atoms. The largest absolute Gasteiger partial charge is 0.454 e. The van der Waals surface area contributed by atoms with Gasteiger partial charge < -0.3 is 19.5 Å². The van der Waals surface area contributed by atoms with Gasteiger partial charge in [-0.15, -0.1) is 0 Å². The zero-order valence-corrected chi connectivity index (χ0v) is 20.4. The lowest BCUT2D eigenvalue weighted by atomic mass is 10.2. The van der Waals surface area contributed by atoms with Crippen molar-refractivity contribution >= 4 is 34.3 Å². The molecule has 2 aromatic carbocycles. The molecular formula is C25H28N4O5S. The van der Waals surface area contributed by atoms with E-state index in [9.17, 15) is 9.59 Å². The molecule has 1 N–H and O–H groups in total. The number of carbonyl (C=O) groups is 1. The number of aromatic nitrogens is 2. The number of hydrogen-bond donors (Lipinski definition) is 1. The molecular weight excluding hydrogens is 468 g/mol. The number of nitrogens with zero attached hydrogens (tertiary/aromatic N) is 3. The molecule has 1 fully saturated rings. The number of hydrogen-bond acceptors (Lipinski definition) is 8. The number of carbonyl (C=O) groups excluding carboxylic acids is 1. The number of benzene rings is 2. The molecule has 1 atom stereocenters. The van der Waals surface area contributed by atoms with Crippen LogP contribution in [0.25, 0.3) is 10.9 Å². The van der Waals surface area contributed by atoms with Crippen LogP contribution in [0, 0.1) is 0 Å². The molecule has 2 aliphatic heterocycles. The third-order valence-corrected chi connectivity index (χ3v) is 7.17. The molecule has 3 aromatic rings. The number of anilines is 1. The van der Waals surface area contributed by atoms with Crippen molar-refractivity contribution in [3.05, 3.63) is 52.8 Å². The van der Waals surface area contributed by atoms with Gasteiger partial charge in [0, 0.05) is 37.9 Å². The highest BCUT2D eigenvalue weighted by Gasteiger charge is 2.21. The van der Waals surface area contributed by atoms with Crippen molar-refractivity contribution in [2.75, 3.05) is 45.0 Å². The maximum absolute atomic E-state index is 13.3. The summed E-state index contributed by atoms with van der Waals surface area (Å²) in [5, 5.41) is 3.58. The molecule has 3 heterocycles. The molecule has 184 valence electrons. The van der Waals surface area contributed by atoms with Gasteiger partial charge in [0.2, 0.25) is 12.7 Å². The first kappa shape index (κ1) is 23.7. The summed E-state index contributed by atoms with van der Waals surface area (Å²) < 4.78 is 17.8. The lowest BCUT2D eigenvalue weighted by Crippen LogP contribution is -2.37. The van der Waals surface area contributed by atoms with E-state index in [0.29, 0.717) is 39.8 Å². The highest BCUT2D eigenvalue weighted by atomic mass is 32.2. The van der Waals surface area contributed by atoms with Crippen LogP contribution in [0.2, 0.25) is 0 Å². The number of rotatable bonds is 8. The summed E-state index contributed by atoms with van der Waals surface area (Å²) in [6, 6.07) is 12.6. The number of morpholine rings is 1. The van der Waals surface area contributed by atoms with Crippen LogP contribution in [0.15, 0.2) is 52.4 Å². The third kappa shape index (κ3) is 5.44. The summed E-state index contributed by atoms with van der Waals surface area (Å²) in [5.41, 5.74) is 1.18. The number of ether oxygens (including phenoxy) is 3. The maximum Gasteiger partial charge on any atom is 0.262 e. The van der Waals surface area contributed by atoms with Crippen LogP contribution >= 0.6 is 11.8 Å². The summed E-state index contributed by atoms with van der Waals surface area (Å²) in [6.07, 6.45) is 0.811. The monoisotopic (exact) mass is 496 g/mol. The predicted molar refractivity (Wildman–Crippen MR) is 134 cm³/mol. The molecule has 0 aliphatic carbocycles. The molecule has 0 saturated carbocycles. The van der Waals surface area contributed by atoms with Gasteiger partial charge >= 0.3 is 0 Å². The molecule has 0 unspecified atom stereocenters. The molecule has 0 radical (unpaired) electrons. The van der Waals surface area contributed by atoms with E-state index in [0.717, 1.165) is 39.3 Å². The minimum Gasteiger partial charge on any atom is -0.454 e. The quantitative estimate of drug-likeness (QED) is 0.376. The van der Waals surface area contributed by atoms with E-state index < -0.39 is 5.25 Å². The smallest absolute Gasteiger partial charge is 0.262 e. The standard InChI is InChI=1S/C25H28N4O5S/c1-17(23(30)26-18-7-8-21-22(15-18)34-16-33-21)35-25-27-20-6-3-2-5-19(20)24(31)29(25)10-4-9-28-11-13-32-14-12-28/h2-3,5-8,15,17H,4,9-14,16H2,1H3,(H,26,30)/t17-/m1/s1. The van der Waals surface area contributed by atoms with E-state index in [2.05, 4.69) is 10.2 Å². The minimum atomic E-state index is -0.473. The molecule has 1 saturated heterocycles. The summed E-state index contributed by atoms with van der Waals surface area (Å²) >= 11 is 1.29. The third-order valence-electron chi connectivity index (χ3n) is 6.08. The normalized spacial score (nSPS) is 16.4. The molecule has 10 heteroatoms. The van der Waals surface area contributed by atoms with Gasteiger partial charge in [-0.2, -0.15) is 0 Å². The van der Waals surface area contributed by atoms with Gasteiger partial charge in [0.25, 0.3) is 5.56 Å². The summed E-state index contributed by atoms with van der Waals surface area (Å²) in [4.78, 5) is 33.4. The number of nitrogens with one attached hydrogen (secondary N) is 1. The fraction of sp³-hybridized carbons (Fsp3) is 0.400. The van der Waals surface area contributed by atoms with Gasteiger partial charge in [-0.05, 0) is 37.6 Å². The van der Waals surface area contributed by atoms with Crippen LogP contribution in [0.5, 0.6) is 11.5 Å². The van der Waals surface area contributed by atoms with E-state index >= 15 is 0 Å². The van der Waals surface area contributed by atoms with Crippen molar-refractivity contribution in [1.29, 1.82) is 0 Å². The van der Waals surface area contributed by atoms with E-state index in [1.165, 1.54) is 11.8 Å². The first-order chi connectivity index (χ1) is 17.1. The molecule has 2 aliphatic rings. The summed E-state index contributed by atoms with van der Waals surface area (Å²) in [5.74, 6) is 1.08. The van der Waals surface area contributed by atoms with E-state index in [1.807, 2.05) is 25.1 Å². The van der Waals surface area contributed by atoms with Crippen LogP contribution in [-0.4, -0.2) is 65.2 Å². The lowest BCUT2D eigenvalue weighted by Gasteiger charge is -2.26. The fourth-order valence-electron chi connectivity index (χ4n) is 4.14. The van der Waals surface area contributed by atoms with Crippen LogP contribution in [-0.2, 0) is 16.1 Å². The second kappa shape index (κ2) is 10.7. The lowest BCUT2D eigenvalue weighted by molar-refractivity contribution is -0.115. The van der Waals surface area contributed by atoms with Crippen molar-refractivity contribution in [3.8, 4) is 11.5 Å². The Morgan fingerprint density at radius 3 is 2.77 bits per heavy atom. The molecule has 0 bridgehead atoms. The maximum atomic E-state index is 13.3. The van der Waals surface area contributed by atoms with Crippen LogP contribution in [0.3, 0.4) is 0 Å². The van der Waals surface area contributed by atoms with Gasteiger partial charge in [0.05, 0.1) is 29.4 Å². The van der Waals surface area contributed by atoms with Crippen LogP contribution < -0.4 is 20.3 Å². The molecule has 1 aromatic heterocycles. The highest BCUT2D eigenvalue weighted by Crippen LogP contribution is 2.34. The first-order valence-electron chi connectivity index (χ1n) is 11.8. The van der Waals surface area contributed by atoms with Gasteiger partial charge in [0.15, 0.2) is 16.7 Å². The van der Waals surface area contributed by atoms with Gasteiger partial charge in [-0.25, -0.2) is 4.98 Å². The Labute approximate surface area is 207 Å². The topological polar surface area (TPSA) is 94.9 Å². The zero-order chi connectivity index (χ0) is 24.2. The zero-order valence-electron chi connectivity index (χ0n) is 19.6. The van der Waals surface area contributed by atoms with Crippen molar-refractivity contribution < 1.29 is 19.0 Å². The van der Waals surface area contributed by atoms with Gasteiger partial charge in [-0.1, -0.05) is 23.9 Å². The molecule has 1 amide bonds. The Bertz CT molecular complexity index is 1270. The summed E-state index contributed by atoms with van der Waals surface area (Å²) in [7, 11) is 0. The van der Waals surface area contributed by atoms with Crippen LogP contribution in [0.1, 0.15) is 13.3 Å². The number of para-hydroxylation sites is 1. The van der Waals surface area contributed by atoms with Gasteiger partial charge in [-0.3, -0.25) is 19.1 Å². The predicted octanol–water partition coefficient (Wildman–Crippen LogP) is 2.97. The second-order valence-corrected chi connectivity index (χ2v) is 9.80. The average Bonchev–Trinajstić information content (AvgIpc) is 3.34. The van der Waals surface area contributed by atoms with Crippen molar-refractivity contribution in [1.82, 2.24) is 14.5 Å². The summed E-state index contributed by atoms with van der Waals surface area (Å²) in [6.45, 7) is 6.71. The average molecular weight is 497 g/mol. The Morgan fingerprint density at radius 1 is 1.11 bits per heavy atom. The van der Waals surface area contributed by atoms with Crippen molar-refractivity contribution in [3.63, 3.8) is 0 Å². The first-order valence-corrected chi connectivity index (χ1v) is 12.6. The van der Waals surface area contributed by atoms with Gasteiger partial charge in [0.1, 0.15) is 0 Å². The van der Waals surface area contributed by atoms with Crippen molar-refractivity contribution in [2.45, 2.75) is 30.3 Å². The highest BCUT2D eigenvalue weighted by molar-refractivity contribution is 8.00. The number of thioether (sulfide) groups is 1. The molecule has 5 rings (SSSR count). The van der Waals surface area contributed by atoms with Crippen molar-refractivity contribution in [2.24, 2.45) is 0 Å². The Kier molecular flexibility index (Phi) is 7.21. The molecule has 9 nitrogen and oxygen atoms in total. The second-order valence-electron chi connectivity index (χ2n) is 8.49. The molecule has 0 spiro atoms.